The number of anilines is 1. The summed E-state index contributed by atoms with van der Waals surface area (Å²) in [6.45, 7) is 9.53. The quantitative estimate of drug-likeness (QED) is 0.290. The fraction of sp³-hybridized carbons (Fsp3) is 0.533. The number of esters is 1. The van der Waals surface area contributed by atoms with Gasteiger partial charge in [-0.05, 0) is 102 Å². The average molecular weight is 618 g/mol. The molecule has 0 spiro atoms. The second kappa shape index (κ2) is 13.7. The Labute approximate surface area is 249 Å². The SMILES string of the molecule is COc1cc(C(CCCN2CCC(C(=O)OC(C)(C)C)CC2)C(=O)Nc2cc(Cl)c(Cl)cc2C(F)(F)F)ccc1C. The first kappa shape index (κ1) is 33.0. The van der Waals surface area contributed by atoms with Crippen LogP contribution in [0.3, 0.4) is 0 Å². The highest BCUT2D eigenvalue weighted by atomic mass is 35.5. The second-order valence-electron chi connectivity index (χ2n) is 11.4. The number of rotatable bonds is 9. The zero-order valence-corrected chi connectivity index (χ0v) is 25.5. The number of nitrogens with zero attached hydrogens (tertiary/aromatic N) is 1. The Morgan fingerprint density at radius 2 is 1.71 bits per heavy atom. The van der Waals surface area contributed by atoms with Gasteiger partial charge < -0.3 is 19.7 Å². The number of carbonyl (C=O) groups excluding carboxylic acids is 2. The summed E-state index contributed by atoms with van der Waals surface area (Å²) in [6.07, 6.45) is -2.38. The number of hydrogen-bond donors (Lipinski definition) is 1. The van der Waals surface area contributed by atoms with E-state index in [0.29, 0.717) is 49.6 Å². The maximum Gasteiger partial charge on any atom is 0.418 e. The summed E-state index contributed by atoms with van der Waals surface area (Å²) in [6, 6.07) is 7.08. The first-order valence-corrected chi connectivity index (χ1v) is 14.3. The van der Waals surface area contributed by atoms with Gasteiger partial charge in [-0.1, -0.05) is 35.3 Å². The molecule has 226 valence electrons. The van der Waals surface area contributed by atoms with Gasteiger partial charge >= 0.3 is 12.1 Å². The van der Waals surface area contributed by atoms with E-state index >= 15 is 0 Å². The number of alkyl halides is 3. The van der Waals surface area contributed by atoms with Crippen molar-refractivity contribution in [2.45, 2.75) is 71.1 Å². The molecule has 1 heterocycles. The van der Waals surface area contributed by atoms with Crippen LogP contribution in [0, 0.1) is 12.8 Å². The van der Waals surface area contributed by atoms with E-state index in [1.165, 1.54) is 7.11 Å². The molecule has 41 heavy (non-hydrogen) atoms. The molecule has 0 radical (unpaired) electrons. The normalized spacial score (nSPS) is 15.9. The van der Waals surface area contributed by atoms with Gasteiger partial charge in [0.15, 0.2) is 0 Å². The summed E-state index contributed by atoms with van der Waals surface area (Å²) < 4.78 is 52.2. The van der Waals surface area contributed by atoms with E-state index in [1.54, 1.807) is 12.1 Å². The number of amides is 1. The molecule has 0 saturated carbocycles. The fourth-order valence-corrected chi connectivity index (χ4v) is 5.23. The van der Waals surface area contributed by atoms with Gasteiger partial charge in [-0.2, -0.15) is 13.2 Å². The molecule has 2 aromatic carbocycles. The van der Waals surface area contributed by atoms with Crippen LogP contribution in [0.25, 0.3) is 0 Å². The fourth-order valence-electron chi connectivity index (χ4n) is 4.90. The zero-order valence-electron chi connectivity index (χ0n) is 24.0. The summed E-state index contributed by atoms with van der Waals surface area (Å²) in [7, 11) is 1.52. The lowest BCUT2D eigenvalue weighted by Crippen LogP contribution is -2.39. The number of hydrogen-bond acceptors (Lipinski definition) is 5. The van der Waals surface area contributed by atoms with Crippen LogP contribution in [0.15, 0.2) is 30.3 Å². The Kier molecular flexibility index (Phi) is 11.0. The van der Waals surface area contributed by atoms with E-state index in [1.807, 2.05) is 33.8 Å². The Morgan fingerprint density at radius 3 is 2.29 bits per heavy atom. The van der Waals surface area contributed by atoms with Crippen molar-refractivity contribution in [1.82, 2.24) is 4.90 Å². The van der Waals surface area contributed by atoms with Gasteiger partial charge in [-0.25, -0.2) is 0 Å². The number of halogens is 5. The van der Waals surface area contributed by atoms with Crippen LogP contribution < -0.4 is 10.1 Å². The highest BCUT2D eigenvalue weighted by molar-refractivity contribution is 6.42. The predicted molar refractivity (Wildman–Crippen MR) is 155 cm³/mol. The lowest BCUT2D eigenvalue weighted by atomic mass is 9.91. The van der Waals surface area contributed by atoms with Crippen LogP contribution in [0.2, 0.25) is 10.0 Å². The van der Waals surface area contributed by atoms with Crippen molar-refractivity contribution in [3.8, 4) is 5.75 Å². The molecule has 3 rings (SSSR count). The summed E-state index contributed by atoms with van der Waals surface area (Å²) in [4.78, 5) is 28.2. The Morgan fingerprint density at radius 1 is 1.07 bits per heavy atom. The summed E-state index contributed by atoms with van der Waals surface area (Å²) in [5.74, 6) is -1.08. The van der Waals surface area contributed by atoms with E-state index in [9.17, 15) is 22.8 Å². The lowest BCUT2D eigenvalue weighted by molar-refractivity contribution is -0.161. The molecule has 1 aliphatic rings. The van der Waals surface area contributed by atoms with Crippen molar-refractivity contribution in [2.75, 3.05) is 32.1 Å². The van der Waals surface area contributed by atoms with Gasteiger partial charge in [0.05, 0.1) is 40.2 Å². The number of aryl methyl sites for hydroxylation is 1. The molecule has 2 aromatic rings. The number of piperidine rings is 1. The molecule has 1 fully saturated rings. The van der Waals surface area contributed by atoms with Gasteiger partial charge in [0.25, 0.3) is 0 Å². The Bertz CT molecular complexity index is 1240. The number of ether oxygens (including phenoxy) is 2. The zero-order chi connectivity index (χ0) is 30.5. The molecule has 11 heteroatoms. The number of benzene rings is 2. The van der Waals surface area contributed by atoms with E-state index in [0.717, 1.165) is 24.7 Å². The molecule has 0 aliphatic carbocycles. The van der Waals surface area contributed by atoms with Crippen molar-refractivity contribution >= 4 is 40.8 Å². The third-order valence-corrected chi connectivity index (χ3v) is 7.79. The van der Waals surface area contributed by atoms with Crippen LogP contribution in [-0.2, 0) is 20.5 Å². The number of methoxy groups -OCH3 is 1. The maximum atomic E-state index is 13.7. The van der Waals surface area contributed by atoms with Gasteiger partial charge in [-0.15, -0.1) is 0 Å². The van der Waals surface area contributed by atoms with Gasteiger partial charge in [-0.3, -0.25) is 9.59 Å². The Hall–Kier alpha value is -2.49. The first-order chi connectivity index (χ1) is 19.1. The standard InChI is InChI=1S/C30H37Cl2F3N2O4/c1-18-8-9-20(15-26(18)40-5)21(27(38)36-25-17-24(32)23(31)16-22(25)30(33,34)35)7-6-12-37-13-10-19(11-14-37)28(39)41-29(2,3)4/h8-9,15-17,19,21H,6-7,10-14H2,1-5H3,(H,36,38). The Balaban J connectivity index is 1.73. The second-order valence-corrected chi connectivity index (χ2v) is 12.2. The predicted octanol–water partition coefficient (Wildman–Crippen LogP) is 7.89. The smallest absolute Gasteiger partial charge is 0.418 e. The number of likely N-dealkylation sites (tertiary alicyclic amines) is 1. The minimum atomic E-state index is -4.75. The largest absolute Gasteiger partial charge is 0.496 e. The van der Waals surface area contributed by atoms with Crippen molar-refractivity contribution in [3.05, 3.63) is 57.1 Å². The van der Waals surface area contributed by atoms with Gasteiger partial charge in [0.1, 0.15) is 11.4 Å². The highest BCUT2D eigenvalue weighted by Crippen LogP contribution is 2.40. The van der Waals surface area contributed by atoms with Crippen LogP contribution in [-0.4, -0.2) is 49.1 Å². The molecule has 6 nitrogen and oxygen atoms in total. The van der Waals surface area contributed by atoms with Gasteiger partial charge in [0.2, 0.25) is 5.91 Å². The minimum Gasteiger partial charge on any atom is -0.496 e. The lowest BCUT2D eigenvalue weighted by Gasteiger charge is -2.32. The summed E-state index contributed by atoms with van der Waals surface area (Å²) >= 11 is 11.8. The molecule has 1 aliphatic heterocycles. The number of nitrogens with one attached hydrogen (secondary N) is 1. The number of carbonyl (C=O) groups is 2. The van der Waals surface area contributed by atoms with Crippen LogP contribution in [0.1, 0.15) is 69.1 Å². The third-order valence-electron chi connectivity index (χ3n) is 7.07. The van der Waals surface area contributed by atoms with E-state index in [2.05, 4.69) is 10.2 Å². The van der Waals surface area contributed by atoms with Crippen LogP contribution in [0.4, 0.5) is 18.9 Å². The van der Waals surface area contributed by atoms with Gasteiger partial charge in [0, 0.05) is 0 Å². The molecule has 0 aromatic heterocycles. The van der Waals surface area contributed by atoms with Crippen LogP contribution >= 0.6 is 23.2 Å². The highest BCUT2D eigenvalue weighted by Gasteiger charge is 2.36. The molecule has 1 amide bonds. The summed E-state index contributed by atoms with van der Waals surface area (Å²) in [5, 5.41) is 2.10. The van der Waals surface area contributed by atoms with Crippen molar-refractivity contribution in [2.24, 2.45) is 5.92 Å². The van der Waals surface area contributed by atoms with E-state index in [-0.39, 0.29) is 21.9 Å². The maximum absolute atomic E-state index is 13.7. The minimum absolute atomic E-state index is 0.0988. The molecule has 1 saturated heterocycles. The molecule has 1 atom stereocenters. The van der Waals surface area contributed by atoms with E-state index in [4.69, 9.17) is 32.7 Å². The monoisotopic (exact) mass is 616 g/mol. The van der Waals surface area contributed by atoms with E-state index < -0.39 is 34.9 Å². The van der Waals surface area contributed by atoms with Crippen molar-refractivity contribution < 1.29 is 32.2 Å². The first-order valence-electron chi connectivity index (χ1n) is 13.6. The van der Waals surface area contributed by atoms with Crippen molar-refractivity contribution in [1.29, 1.82) is 0 Å². The summed E-state index contributed by atoms with van der Waals surface area (Å²) in [5.41, 5.74) is -0.562. The topological polar surface area (TPSA) is 67.9 Å². The molecular formula is C30H37Cl2F3N2O4. The average Bonchev–Trinajstić information content (AvgIpc) is 2.87. The van der Waals surface area contributed by atoms with Crippen LogP contribution in [0.5, 0.6) is 5.75 Å². The molecule has 1 unspecified atom stereocenters. The third kappa shape index (κ3) is 9.25. The van der Waals surface area contributed by atoms with Crippen molar-refractivity contribution in [3.63, 3.8) is 0 Å². The molecule has 1 N–H and O–H groups in total. The molecule has 0 bridgehead atoms. The molecular weight excluding hydrogens is 580 g/mol.